The zero-order chi connectivity index (χ0) is 14.0. The Kier molecular flexibility index (Phi) is 4.52. The van der Waals surface area contributed by atoms with E-state index in [2.05, 4.69) is 10.3 Å². The normalized spacial score (nSPS) is 23.2. The Hall–Kier alpha value is -0.600. The number of thiazole rings is 1. The molecule has 0 aromatic carbocycles. The zero-order valence-electron chi connectivity index (χ0n) is 10.8. The summed E-state index contributed by atoms with van der Waals surface area (Å²) in [6, 6.07) is -0.237. The van der Waals surface area contributed by atoms with E-state index in [1.54, 1.807) is 6.92 Å². The summed E-state index contributed by atoms with van der Waals surface area (Å²) in [5.41, 5.74) is 0.946. The van der Waals surface area contributed by atoms with Crippen molar-refractivity contribution in [1.82, 2.24) is 10.3 Å². The minimum absolute atomic E-state index is 0.0620. The molecule has 0 bridgehead atoms. The van der Waals surface area contributed by atoms with E-state index in [9.17, 15) is 13.2 Å². The van der Waals surface area contributed by atoms with Gasteiger partial charge in [0.05, 0.1) is 16.8 Å². The maximum Gasteiger partial charge on any atom is 0.233 e. The van der Waals surface area contributed by atoms with Gasteiger partial charge < -0.3 is 5.32 Å². The van der Waals surface area contributed by atoms with E-state index in [1.165, 1.54) is 23.1 Å². The van der Waals surface area contributed by atoms with E-state index in [0.29, 0.717) is 6.42 Å². The fourth-order valence-corrected chi connectivity index (χ4v) is 5.49. The minimum atomic E-state index is -2.95. The first-order valence-corrected chi connectivity index (χ1v) is 9.53. The third-order valence-corrected chi connectivity index (χ3v) is 6.78. The van der Waals surface area contributed by atoms with E-state index in [1.807, 2.05) is 12.3 Å². The average molecular weight is 320 g/mol. The number of aromatic nitrogens is 1. The van der Waals surface area contributed by atoms with Gasteiger partial charge in [-0.05, 0) is 20.3 Å². The molecule has 1 aliphatic heterocycles. The average Bonchev–Trinajstić information content (AvgIpc) is 2.85. The van der Waals surface area contributed by atoms with Crippen molar-refractivity contribution in [2.75, 3.05) is 11.5 Å². The molecule has 0 unspecified atom stereocenters. The van der Waals surface area contributed by atoms with E-state index < -0.39 is 9.84 Å². The highest BCUT2D eigenvalue weighted by atomic mass is 32.2. The van der Waals surface area contributed by atoms with Gasteiger partial charge in [0.2, 0.25) is 5.91 Å². The van der Waals surface area contributed by atoms with Crippen LogP contribution in [0.5, 0.6) is 0 Å². The molecule has 106 valence electrons. The maximum atomic E-state index is 12.0. The molecular formula is C11H16N2O3S3. The first-order valence-electron chi connectivity index (χ1n) is 5.95. The van der Waals surface area contributed by atoms with Crippen LogP contribution in [0.2, 0.25) is 0 Å². The van der Waals surface area contributed by atoms with Crippen LogP contribution in [0.25, 0.3) is 0 Å². The van der Waals surface area contributed by atoms with Crippen LogP contribution in [-0.2, 0) is 14.6 Å². The molecule has 8 heteroatoms. The van der Waals surface area contributed by atoms with Crippen molar-refractivity contribution in [1.29, 1.82) is 0 Å². The summed E-state index contributed by atoms with van der Waals surface area (Å²) in [4.78, 5) is 16.3. The lowest BCUT2D eigenvalue weighted by Gasteiger charge is -2.14. The summed E-state index contributed by atoms with van der Waals surface area (Å²) in [5.74, 6) is 0.109. The second kappa shape index (κ2) is 5.80. The van der Waals surface area contributed by atoms with Gasteiger partial charge in [0.15, 0.2) is 14.2 Å². The topological polar surface area (TPSA) is 76.1 Å². The van der Waals surface area contributed by atoms with Crippen molar-refractivity contribution in [3.05, 3.63) is 11.1 Å². The van der Waals surface area contributed by atoms with Crippen molar-refractivity contribution in [3.8, 4) is 0 Å². The lowest BCUT2D eigenvalue weighted by molar-refractivity contribution is -0.120. The van der Waals surface area contributed by atoms with Gasteiger partial charge >= 0.3 is 0 Å². The van der Waals surface area contributed by atoms with Crippen LogP contribution >= 0.6 is 23.1 Å². The molecule has 19 heavy (non-hydrogen) atoms. The highest BCUT2D eigenvalue weighted by Gasteiger charge is 2.30. The number of rotatable bonds is 4. The number of nitrogens with zero attached hydrogens (tertiary/aromatic N) is 1. The quantitative estimate of drug-likeness (QED) is 0.845. The molecule has 0 aliphatic carbocycles. The van der Waals surface area contributed by atoms with Crippen LogP contribution in [0.15, 0.2) is 9.72 Å². The Balaban J connectivity index is 1.86. The van der Waals surface area contributed by atoms with E-state index in [-0.39, 0.29) is 28.7 Å². The van der Waals surface area contributed by atoms with Crippen LogP contribution in [0.3, 0.4) is 0 Å². The first-order chi connectivity index (χ1) is 8.85. The molecule has 1 saturated heterocycles. The van der Waals surface area contributed by atoms with Gasteiger partial charge in [-0.1, -0.05) is 11.8 Å². The van der Waals surface area contributed by atoms with Crippen molar-refractivity contribution in [3.63, 3.8) is 0 Å². The Labute approximate surface area is 121 Å². The fraction of sp³-hybridized carbons (Fsp3) is 0.636. The SMILES string of the molecule is Cc1csc(S[C@H](C)C(=O)N[C@@H]2CCS(=O)(=O)C2)n1. The molecule has 0 saturated carbocycles. The van der Waals surface area contributed by atoms with E-state index in [4.69, 9.17) is 0 Å². The molecule has 0 spiro atoms. The van der Waals surface area contributed by atoms with Crippen LogP contribution in [0.1, 0.15) is 19.0 Å². The Morgan fingerprint density at radius 2 is 2.37 bits per heavy atom. The summed E-state index contributed by atoms with van der Waals surface area (Å²) in [6.45, 7) is 3.72. The monoisotopic (exact) mass is 320 g/mol. The summed E-state index contributed by atoms with van der Waals surface area (Å²) >= 11 is 2.92. The van der Waals surface area contributed by atoms with Crippen molar-refractivity contribution in [2.45, 2.75) is 35.9 Å². The predicted molar refractivity (Wildman–Crippen MR) is 77.4 cm³/mol. The number of amides is 1. The number of aryl methyl sites for hydroxylation is 1. The molecule has 0 radical (unpaired) electrons. The standard InChI is InChI=1S/C11H16N2O3S3/c1-7-5-17-11(12-7)18-8(2)10(14)13-9-3-4-19(15,16)6-9/h5,8-9H,3-4,6H2,1-2H3,(H,13,14)/t8-,9-/m1/s1. The van der Waals surface area contributed by atoms with Gasteiger partial charge in [-0.15, -0.1) is 11.3 Å². The maximum absolute atomic E-state index is 12.0. The van der Waals surface area contributed by atoms with Crippen LogP contribution in [-0.4, -0.2) is 42.1 Å². The summed E-state index contributed by atoms with van der Waals surface area (Å²) in [5, 5.41) is 4.47. The molecule has 1 N–H and O–H groups in total. The van der Waals surface area contributed by atoms with E-state index in [0.717, 1.165) is 10.0 Å². The Morgan fingerprint density at radius 3 is 2.89 bits per heavy atom. The van der Waals surface area contributed by atoms with Crippen molar-refractivity contribution >= 4 is 38.8 Å². The molecule has 1 fully saturated rings. The molecule has 2 rings (SSSR count). The number of nitrogens with one attached hydrogen (secondary N) is 1. The van der Waals surface area contributed by atoms with Gasteiger partial charge in [0.1, 0.15) is 0 Å². The number of sulfone groups is 1. The predicted octanol–water partition coefficient (Wildman–Crippen LogP) is 1.24. The second-order valence-electron chi connectivity index (χ2n) is 4.62. The van der Waals surface area contributed by atoms with Gasteiger partial charge in [-0.2, -0.15) is 0 Å². The van der Waals surface area contributed by atoms with Crippen molar-refractivity contribution in [2.24, 2.45) is 0 Å². The lowest BCUT2D eigenvalue weighted by Crippen LogP contribution is -2.39. The van der Waals surface area contributed by atoms with Crippen LogP contribution in [0, 0.1) is 6.92 Å². The third kappa shape index (κ3) is 4.19. The van der Waals surface area contributed by atoms with Crippen molar-refractivity contribution < 1.29 is 13.2 Å². The van der Waals surface area contributed by atoms with Crippen LogP contribution < -0.4 is 5.32 Å². The lowest BCUT2D eigenvalue weighted by atomic mass is 10.2. The summed E-state index contributed by atoms with van der Waals surface area (Å²) in [6.07, 6.45) is 0.516. The van der Waals surface area contributed by atoms with Gasteiger partial charge in [0.25, 0.3) is 0 Å². The van der Waals surface area contributed by atoms with Gasteiger partial charge in [-0.3, -0.25) is 4.79 Å². The molecule has 1 aromatic heterocycles. The highest BCUT2D eigenvalue weighted by molar-refractivity contribution is 8.02. The third-order valence-electron chi connectivity index (χ3n) is 2.82. The second-order valence-corrected chi connectivity index (χ2v) is 9.30. The Bertz CT molecular complexity index is 567. The largest absolute Gasteiger partial charge is 0.351 e. The zero-order valence-corrected chi connectivity index (χ0v) is 13.2. The Morgan fingerprint density at radius 1 is 1.63 bits per heavy atom. The van der Waals surface area contributed by atoms with Crippen LogP contribution in [0.4, 0.5) is 0 Å². The molecular weight excluding hydrogens is 304 g/mol. The number of carbonyl (C=O) groups is 1. The summed E-state index contributed by atoms with van der Waals surface area (Å²) < 4.78 is 23.5. The highest BCUT2D eigenvalue weighted by Crippen LogP contribution is 2.26. The smallest absolute Gasteiger partial charge is 0.233 e. The number of thioether (sulfide) groups is 1. The summed E-state index contributed by atoms with van der Waals surface area (Å²) in [7, 11) is -2.95. The first kappa shape index (κ1) is 14.8. The van der Waals surface area contributed by atoms with Gasteiger partial charge in [0, 0.05) is 17.1 Å². The molecule has 2 atom stereocenters. The molecule has 1 amide bonds. The molecule has 2 heterocycles. The number of hydrogen-bond donors (Lipinski definition) is 1. The fourth-order valence-electron chi connectivity index (χ4n) is 1.82. The molecule has 1 aliphatic rings. The van der Waals surface area contributed by atoms with E-state index >= 15 is 0 Å². The molecule has 5 nitrogen and oxygen atoms in total. The molecule has 1 aromatic rings. The number of hydrogen-bond acceptors (Lipinski definition) is 6. The number of carbonyl (C=O) groups excluding carboxylic acids is 1. The van der Waals surface area contributed by atoms with Gasteiger partial charge in [-0.25, -0.2) is 13.4 Å². The minimum Gasteiger partial charge on any atom is -0.351 e.